The lowest BCUT2D eigenvalue weighted by atomic mass is 9.95. The number of amides is 5. The summed E-state index contributed by atoms with van der Waals surface area (Å²) in [4.78, 5) is 53.0. The molecule has 0 saturated carbocycles. The van der Waals surface area contributed by atoms with Crippen LogP contribution < -0.4 is 5.32 Å². The second-order valence-electron chi connectivity index (χ2n) is 8.09. The second-order valence-corrected chi connectivity index (χ2v) is 9.07. The molecule has 5 rings (SSSR count). The molecule has 2 aromatic rings. The summed E-state index contributed by atoms with van der Waals surface area (Å²) < 4.78 is 0. The largest absolute Gasteiger partial charge is 0.343 e. The number of fused-ring (bicyclic) bond motifs is 1. The summed E-state index contributed by atoms with van der Waals surface area (Å²) in [5.74, 6) is -0.856. The van der Waals surface area contributed by atoms with Gasteiger partial charge < -0.3 is 0 Å². The molecule has 3 aliphatic heterocycles. The first kappa shape index (κ1) is 19.9. The van der Waals surface area contributed by atoms with Crippen molar-refractivity contribution in [2.45, 2.75) is 31.7 Å². The number of nitrogens with zero attached hydrogens (tertiary/aromatic N) is 3. The highest BCUT2D eigenvalue weighted by Gasteiger charge is 2.43. The van der Waals surface area contributed by atoms with Gasteiger partial charge in [-0.25, -0.2) is 9.80 Å². The van der Waals surface area contributed by atoms with Crippen molar-refractivity contribution in [1.82, 2.24) is 20.2 Å². The molecule has 2 fully saturated rings. The molecule has 1 aromatic carbocycles. The average Bonchev–Trinajstić information content (AvgIpc) is 3.37. The molecule has 160 valence electrons. The minimum absolute atomic E-state index is 0.00216. The number of hydrazine groups is 1. The summed E-state index contributed by atoms with van der Waals surface area (Å²) >= 11 is 1.82. The van der Waals surface area contributed by atoms with Gasteiger partial charge in [-0.05, 0) is 61.0 Å². The van der Waals surface area contributed by atoms with E-state index in [9.17, 15) is 19.2 Å². The van der Waals surface area contributed by atoms with Gasteiger partial charge in [-0.3, -0.25) is 24.6 Å². The molecular formula is C22H22N4O4S. The van der Waals surface area contributed by atoms with Gasteiger partial charge in [-0.2, -0.15) is 5.01 Å². The van der Waals surface area contributed by atoms with Crippen LogP contribution in [0, 0.1) is 0 Å². The van der Waals surface area contributed by atoms with Crippen LogP contribution in [0.4, 0.5) is 4.79 Å². The minimum Gasteiger partial charge on any atom is -0.299 e. The lowest BCUT2D eigenvalue weighted by Gasteiger charge is -2.32. The molecule has 1 N–H and O–H groups in total. The summed E-state index contributed by atoms with van der Waals surface area (Å²) in [6.07, 6.45) is 2.27. The Morgan fingerprint density at radius 2 is 1.74 bits per heavy atom. The van der Waals surface area contributed by atoms with Crippen LogP contribution in [0.3, 0.4) is 0 Å². The molecule has 0 radical (unpaired) electrons. The number of nitrogens with one attached hydrogen (secondary N) is 1. The van der Waals surface area contributed by atoms with Crippen LogP contribution >= 0.6 is 11.3 Å². The number of hydrogen-bond acceptors (Lipinski definition) is 6. The van der Waals surface area contributed by atoms with Gasteiger partial charge in [-0.15, -0.1) is 11.3 Å². The predicted molar refractivity (Wildman–Crippen MR) is 113 cm³/mol. The molecule has 0 atom stereocenters. The molecule has 3 aliphatic rings. The topological polar surface area (TPSA) is 90.0 Å². The Labute approximate surface area is 183 Å². The molecule has 31 heavy (non-hydrogen) atoms. The molecule has 8 nitrogen and oxygen atoms in total. The van der Waals surface area contributed by atoms with Crippen LogP contribution in [0.5, 0.6) is 0 Å². The van der Waals surface area contributed by atoms with Crippen molar-refractivity contribution in [3.63, 3.8) is 0 Å². The van der Waals surface area contributed by atoms with Gasteiger partial charge in [0.15, 0.2) is 0 Å². The van der Waals surface area contributed by atoms with Gasteiger partial charge in [0, 0.05) is 17.8 Å². The Morgan fingerprint density at radius 3 is 2.45 bits per heavy atom. The third-order valence-corrected chi connectivity index (χ3v) is 7.18. The van der Waals surface area contributed by atoms with E-state index in [-0.39, 0.29) is 18.5 Å². The Kier molecular flexibility index (Phi) is 5.07. The molecule has 4 heterocycles. The average molecular weight is 439 g/mol. The Balaban J connectivity index is 1.27. The maximum atomic E-state index is 12.9. The first-order chi connectivity index (χ1) is 15.0. The highest BCUT2D eigenvalue weighted by atomic mass is 32.1. The Bertz CT molecular complexity index is 1060. The zero-order valence-corrected chi connectivity index (χ0v) is 17.7. The molecular weight excluding hydrogens is 416 g/mol. The molecule has 1 aromatic heterocycles. The number of hydrogen-bond donors (Lipinski definition) is 1. The fourth-order valence-corrected chi connectivity index (χ4v) is 5.40. The van der Waals surface area contributed by atoms with Crippen molar-refractivity contribution < 1.29 is 19.2 Å². The van der Waals surface area contributed by atoms with Gasteiger partial charge in [0.2, 0.25) is 5.91 Å². The maximum absolute atomic E-state index is 12.9. The molecule has 9 heteroatoms. The van der Waals surface area contributed by atoms with Crippen molar-refractivity contribution >= 4 is 35.1 Å². The van der Waals surface area contributed by atoms with Crippen molar-refractivity contribution in [2.75, 3.05) is 19.6 Å². The van der Waals surface area contributed by atoms with Crippen molar-refractivity contribution in [3.05, 3.63) is 57.3 Å². The van der Waals surface area contributed by atoms with Crippen LogP contribution in [-0.4, -0.2) is 58.3 Å². The molecule has 0 bridgehead atoms. The molecule has 0 unspecified atom stereocenters. The molecule has 0 spiro atoms. The van der Waals surface area contributed by atoms with Gasteiger partial charge >= 0.3 is 6.03 Å². The van der Waals surface area contributed by atoms with Crippen LogP contribution in [0.1, 0.15) is 56.3 Å². The number of carbonyl (C=O) groups excluding carboxylic acids is 4. The summed E-state index contributed by atoms with van der Waals surface area (Å²) in [6, 6.07) is 8.85. The first-order valence-corrected chi connectivity index (χ1v) is 11.3. The summed E-state index contributed by atoms with van der Waals surface area (Å²) in [6.45, 7) is 2.69. The first-order valence-electron chi connectivity index (χ1n) is 10.4. The second kappa shape index (κ2) is 7.90. The van der Waals surface area contributed by atoms with Crippen LogP contribution in [-0.2, 0) is 11.3 Å². The predicted octanol–water partition coefficient (Wildman–Crippen LogP) is 2.58. The van der Waals surface area contributed by atoms with E-state index in [4.69, 9.17) is 0 Å². The van der Waals surface area contributed by atoms with Gasteiger partial charge in [0.25, 0.3) is 11.8 Å². The third-order valence-electron chi connectivity index (χ3n) is 6.14. The third kappa shape index (κ3) is 3.64. The lowest BCUT2D eigenvalue weighted by molar-refractivity contribution is -0.122. The highest BCUT2D eigenvalue weighted by Crippen LogP contribution is 2.32. The summed E-state index contributed by atoms with van der Waals surface area (Å²) in [7, 11) is 0. The van der Waals surface area contributed by atoms with Crippen molar-refractivity contribution in [3.8, 4) is 0 Å². The zero-order chi connectivity index (χ0) is 21.5. The number of rotatable bonds is 4. The van der Waals surface area contributed by atoms with E-state index < -0.39 is 23.8 Å². The van der Waals surface area contributed by atoms with Crippen molar-refractivity contribution in [2.24, 2.45) is 0 Å². The van der Waals surface area contributed by atoms with E-state index in [2.05, 4.69) is 27.7 Å². The molecule has 2 saturated heterocycles. The molecule has 5 amide bonds. The van der Waals surface area contributed by atoms with E-state index in [1.54, 1.807) is 12.1 Å². The fourth-order valence-electron chi connectivity index (χ4n) is 4.50. The van der Waals surface area contributed by atoms with Crippen LogP contribution in [0.2, 0.25) is 0 Å². The summed E-state index contributed by atoms with van der Waals surface area (Å²) in [5.41, 5.74) is 1.56. The lowest BCUT2D eigenvalue weighted by Crippen LogP contribution is -2.58. The number of likely N-dealkylation sites (tertiary alicyclic amines) is 1. The van der Waals surface area contributed by atoms with Crippen LogP contribution in [0.15, 0.2) is 35.7 Å². The van der Waals surface area contributed by atoms with Gasteiger partial charge in [-0.1, -0.05) is 12.1 Å². The SMILES string of the molecule is O=C1CCN(N2C(=O)c3ccc(CN4CCC(c5cccs5)CC4)cc3C2=O)C(=O)N1. The van der Waals surface area contributed by atoms with Crippen molar-refractivity contribution in [1.29, 1.82) is 0 Å². The fraction of sp³-hybridized carbons (Fsp3) is 0.364. The highest BCUT2D eigenvalue weighted by molar-refractivity contribution is 7.10. The number of piperidine rings is 1. The van der Waals surface area contributed by atoms with E-state index in [1.165, 1.54) is 4.88 Å². The van der Waals surface area contributed by atoms with Gasteiger partial charge in [0.05, 0.1) is 17.7 Å². The smallest absolute Gasteiger partial charge is 0.299 e. The number of imide groups is 2. The van der Waals surface area contributed by atoms with E-state index in [0.717, 1.165) is 41.5 Å². The normalized spacial score (nSPS) is 20.4. The number of benzene rings is 1. The zero-order valence-electron chi connectivity index (χ0n) is 16.9. The minimum atomic E-state index is -0.750. The monoisotopic (exact) mass is 438 g/mol. The Hall–Kier alpha value is -3.04. The van der Waals surface area contributed by atoms with Crippen LogP contribution in [0.25, 0.3) is 0 Å². The summed E-state index contributed by atoms with van der Waals surface area (Å²) in [5, 5.41) is 6.14. The Morgan fingerprint density at radius 1 is 0.968 bits per heavy atom. The van der Waals surface area contributed by atoms with Gasteiger partial charge in [0.1, 0.15) is 0 Å². The number of urea groups is 1. The maximum Gasteiger partial charge on any atom is 0.343 e. The molecule has 0 aliphatic carbocycles. The van der Waals surface area contributed by atoms with E-state index in [0.29, 0.717) is 18.0 Å². The van der Waals surface area contributed by atoms with E-state index >= 15 is 0 Å². The quantitative estimate of drug-likeness (QED) is 0.741. The number of carbonyl (C=O) groups is 4. The standard InChI is InChI=1S/C22H22N4O4S/c27-19-7-10-25(22(30)23-19)26-20(28)16-4-3-14(12-17(16)21(26)29)13-24-8-5-15(6-9-24)18-2-1-11-31-18/h1-4,11-12,15H,5-10,13H2,(H,23,27,30). The van der Waals surface area contributed by atoms with E-state index in [1.807, 2.05) is 17.4 Å². The number of thiophene rings is 1.